The van der Waals surface area contributed by atoms with Gasteiger partial charge in [-0.25, -0.2) is 0 Å². The molecule has 2 heterocycles. The van der Waals surface area contributed by atoms with Crippen LogP contribution in [0.2, 0.25) is 0 Å². The molecule has 0 N–H and O–H groups in total. The van der Waals surface area contributed by atoms with E-state index in [0.717, 1.165) is 57.4 Å². The Hall–Kier alpha value is -1.10. The monoisotopic (exact) mass is 345 g/mol. The van der Waals surface area contributed by atoms with E-state index in [0.29, 0.717) is 0 Å². The molecule has 0 unspecified atom stereocenters. The number of likely N-dealkylation sites (N-methyl/N-ethyl adjacent to an activating group) is 1. The average molecular weight is 346 g/mol. The number of hydrogen-bond acceptors (Lipinski definition) is 4. The quantitative estimate of drug-likeness (QED) is 0.707. The third kappa shape index (κ3) is 5.98. The van der Waals surface area contributed by atoms with Gasteiger partial charge in [-0.15, -0.1) is 0 Å². The summed E-state index contributed by atoms with van der Waals surface area (Å²) in [4.78, 5) is 7.55. The first-order valence-electron chi connectivity index (χ1n) is 10.0. The van der Waals surface area contributed by atoms with Crippen LogP contribution in [0.3, 0.4) is 0 Å². The summed E-state index contributed by atoms with van der Waals surface area (Å²) in [6.45, 7) is 12.5. The molecule has 1 aromatic rings. The molecule has 0 saturated carbocycles. The first-order valence-corrected chi connectivity index (χ1v) is 10.0. The number of likely N-dealkylation sites (tertiary alicyclic amines) is 1. The molecule has 3 rings (SSSR count). The van der Waals surface area contributed by atoms with E-state index in [1.54, 1.807) is 0 Å². The van der Waals surface area contributed by atoms with Crippen LogP contribution in [0.25, 0.3) is 0 Å². The SMILES string of the molecule is C[C@@H]1CCCN(CCCOc2ccccc2CN2CCN(C)CC2)C1. The molecule has 0 bridgehead atoms. The Morgan fingerprint density at radius 2 is 1.84 bits per heavy atom. The normalized spacial score (nSPS) is 23.7. The molecule has 0 radical (unpaired) electrons. The maximum atomic E-state index is 6.15. The number of para-hydroxylation sites is 1. The molecule has 0 amide bonds. The van der Waals surface area contributed by atoms with Gasteiger partial charge in [0.1, 0.15) is 5.75 Å². The van der Waals surface area contributed by atoms with Crippen molar-refractivity contribution in [2.75, 3.05) is 59.5 Å². The summed E-state index contributed by atoms with van der Waals surface area (Å²) in [7, 11) is 2.21. The molecule has 2 saturated heterocycles. The van der Waals surface area contributed by atoms with Crippen molar-refractivity contribution in [1.82, 2.24) is 14.7 Å². The predicted molar refractivity (Wildman–Crippen MR) is 104 cm³/mol. The topological polar surface area (TPSA) is 19.0 Å². The zero-order valence-corrected chi connectivity index (χ0v) is 16.1. The van der Waals surface area contributed by atoms with Gasteiger partial charge in [0.25, 0.3) is 0 Å². The Morgan fingerprint density at radius 3 is 2.64 bits per heavy atom. The van der Waals surface area contributed by atoms with Gasteiger partial charge in [0.15, 0.2) is 0 Å². The van der Waals surface area contributed by atoms with E-state index >= 15 is 0 Å². The lowest BCUT2D eigenvalue weighted by atomic mass is 10.0. The van der Waals surface area contributed by atoms with E-state index < -0.39 is 0 Å². The standard InChI is InChI=1S/C21H35N3O/c1-19-7-5-10-23(17-19)11-6-16-25-21-9-4-3-8-20(21)18-24-14-12-22(2)13-15-24/h3-4,8-9,19H,5-7,10-18H2,1-2H3/t19-/m1/s1. The number of piperazine rings is 1. The van der Waals surface area contributed by atoms with Gasteiger partial charge >= 0.3 is 0 Å². The zero-order valence-electron chi connectivity index (χ0n) is 16.1. The lowest BCUT2D eigenvalue weighted by Crippen LogP contribution is -2.43. The fourth-order valence-electron chi connectivity index (χ4n) is 3.98. The molecule has 1 aromatic carbocycles. The first-order chi connectivity index (χ1) is 12.2. The fourth-order valence-corrected chi connectivity index (χ4v) is 3.98. The summed E-state index contributed by atoms with van der Waals surface area (Å²) in [6.07, 6.45) is 3.87. The minimum absolute atomic E-state index is 0.824. The van der Waals surface area contributed by atoms with E-state index in [4.69, 9.17) is 4.74 Å². The van der Waals surface area contributed by atoms with Crippen LogP contribution < -0.4 is 4.74 Å². The number of rotatable bonds is 7. The Kier molecular flexibility index (Phi) is 7.14. The molecule has 0 spiro atoms. The van der Waals surface area contributed by atoms with Crippen molar-refractivity contribution in [3.8, 4) is 5.75 Å². The van der Waals surface area contributed by atoms with Crippen LogP contribution in [0.4, 0.5) is 0 Å². The highest BCUT2D eigenvalue weighted by atomic mass is 16.5. The second kappa shape index (κ2) is 9.56. The molecule has 4 heteroatoms. The fraction of sp³-hybridized carbons (Fsp3) is 0.714. The van der Waals surface area contributed by atoms with Crippen molar-refractivity contribution in [2.24, 2.45) is 5.92 Å². The van der Waals surface area contributed by atoms with Crippen LogP contribution in [0.5, 0.6) is 5.75 Å². The molecular weight excluding hydrogens is 310 g/mol. The lowest BCUT2D eigenvalue weighted by molar-refractivity contribution is 0.145. The Morgan fingerprint density at radius 1 is 1.04 bits per heavy atom. The highest BCUT2D eigenvalue weighted by molar-refractivity contribution is 5.33. The first kappa shape index (κ1) is 18.7. The van der Waals surface area contributed by atoms with Gasteiger partial charge in [-0.3, -0.25) is 4.90 Å². The van der Waals surface area contributed by atoms with Gasteiger partial charge in [-0.05, 0) is 44.8 Å². The predicted octanol–water partition coefficient (Wildman–Crippen LogP) is 2.93. The molecule has 4 nitrogen and oxygen atoms in total. The number of benzene rings is 1. The van der Waals surface area contributed by atoms with E-state index in [2.05, 4.69) is 52.9 Å². The molecule has 2 fully saturated rings. The molecule has 2 aliphatic heterocycles. The second-order valence-corrected chi connectivity index (χ2v) is 7.94. The van der Waals surface area contributed by atoms with Gasteiger partial charge in [0.2, 0.25) is 0 Å². The lowest BCUT2D eigenvalue weighted by Gasteiger charge is -2.32. The van der Waals surface area contributed by atoms with Crippen molar-refractivity contribution in [3.05, 3.63) is 29.8 Å². The van der Waals surface area contributed by atoms with Crippen molar-refractivity contribution in [3.63, 3.8) is 0 Å². The smallest absolute Gasteiger partial charge is 0.123 e. The number of ether oxygens (including phenoxy) is 1. The Labute approximate surface area is 153 Å². The highest BCUT2D eigenvalue weighted by Gasteiger charge is 2.17. The molecule has 0 aromatic heterocycles. The summed E-state index contributed by atoms with van der Waals surface area (Å²) in [5.41, 5.74) is 1.33. The maximum Gasteiger partial charge on any atom is 0.123 e. The number of nitrogens with zero attached hydrogens (tertiary/aromatic N) is 3. The van der Waals surface area contributed by atoms with Crippen LogP contribution in [0.15, 0.2) is 24.3 Å². The molecule has 2 aliphatic rings. The van der Waals surface area contributed by atoms with Gasteiger partial charge in [0, 0.05) is 51.4 Å². The van der Waals surface area contributed by atoms with Crippen molar-refractivity contribution < 1.29 is 4.74 Å². The van der Waals surface area contributed by atoms with Crippen LogP contribution in [-0.4, -0.2) is 74.2 Å². The van der Waals surface area contributed by atoms with E-state index in [-0.39, 0.29) is 0 Å². The summed E-state index contributed by atoms with van der Waals surface area (Å²) in [6, 6.07) is 8.58. The van der Waals surface area contributed by atoms with E-state index in [1.807, 2.05) is 0 Å². The minimum Gasteiger partial charge on any atom is -0.493 e. The largest absolute Gasteiger partial charge is 0.493 e. The number of piperidine rings is 1. The maximum absolute atomic E-state index is 6.15. The molecule has 25 heavy (non-hydrogen) atoms. The third-order valence-corrected chi connectivity index (χ3v) is 5.58. The van der Waals surface area contributed by atoms with Crippen molar-refractivity contribution >= 4 is 0 Å². The minimum atomic E-state index is 0.824. The summed E-state index contributed by atoms with van der Waals surface area (Å²) in [5, 5.41) is 0. The van der Waals surface area contributed by atoms with Crippen LogP contribution >= 0.6 is 0 Å². The van der Waals surface area contributed by atoms with Crippen LogP contribution in [0, 0.1) is 5.92 Å². The average Bonchev–Trinajstić information content (AvgIpc) is 2.62. The molecule has 0 aliphatic carbocycles. The number of hydrogen-bond donors (Lipinski definition) is 0. The van der Waals surface area contributed by atoms with E-state index in [1.165, 1.54) is 38.0 Å². The highest BCUT2D eigenvalue weighted by Crippen LogP contribution is 2.21. The summed E-state index contributed by atoms with van der Waals surface area (Å²) < 4.78 is 6.15. The van der Waals surface area contributed by atoms with Crippen LogP contribution in [-0.2, 0) is 6.54 Å². The zero-order chi connectivity index (χ0) is 17.5. The van der Waals surface area contributed by atoms with Crippen molar-refractivity contribution in [1.29, 1.82) is 0 Å². The van der Waals surface area contributed by atoms with Crippen LogP contribution in [0.1, 0.15) is 31.7 Å². The molecule has 1 atom stereocenters. The van der Waals surface area contributed by atoms with Crippen molar-refractivity contribution in [2.45, 2.75) is 32.7 Å². The Balaban J connectivity index is 1.43. The van der Waals surface area contributed by atoms with Gasteiger partial charge in [0.05, 0.1) is 6.61 Å². The van der Waals surface area contributed by atoms with Gasteiger partial charge in [-0.2, -0.15) is 0 Å². The molecule has 140 valence electrons. The van der Waals surface area contributed by atoms with Gasteiger partial charge in [-0.1, -0.05) is 25.1 Å². The summed E-state index contributed by atoms with van der Waals surface area (Å²) >= 11 is 0. The summed E-state index contributed by atoms with van der Waals surface area (Å²) in [5.74, 6) is 1.94. The Bertz CT molecular complexity index is 514. The van der Waals surface area contributed by atoms with Gasteiger partial charge < -0.3 is 14.5 Å². The third-order valence-electron chi connectivity index (χ3n) is 5.58. The molecular formula is C21H35N3O. The van der Waals surface area contributed by atoms with E-state index in [9.17, 15) is 0 Å². The second-order valence-electron chi connectivity index (χ2n) is 7.94.